The van der Waals surface area contributed by atoms with Gasteiger partial charge in [-0.1, -0.05) is 54.6 Å². The summed E-state index contributed by atoms with van der Waals surface area (Å²) in [6.07, 6.45) is 2.05. The molecule has 0 radical (unpaired) electrons. The second kappa shape index (κ2) is 9.89. The Labute approximate surface area is 203 Å². The van der Waals surface area contributed by atoms with Gasteiger partial charge in [0.1, 0.15) is 17.6 Å². The van der Waals surface area contributed by atoms with Crippen molar-refractivity contribution in [2.45, 2.75) is 18.5 Å². The summed E-state index contributed by atoms with van der Waals surface area (Å²) in [5.41, 5.74) is 2.64. The number of aromatic nitrogens is 1. The summed E-state index contributed by atoms with van der Waals surface area (Å²) in [4.78, 5) is 19.2. The molecule has 3 heterocycles. The summed E-state index contributed by atoms with van der Waals surface area (Å²) in [6, 6.07) is 28.8. The van der Waals surface area contributed by atoms with Crippen LogP contribution in [0, 0.1) is 0 Å². The quantitative estimate of drug-likeness (QED) is 0.357. The zero-order valence-corrected chi connectivity index (χ0v) is 19.2. The van der Waals surface area contributed by atoms with Crippen molar-refractivity contribution in [1.82, 2.24) is 15.2 Å². The van der Waals surface area contributed by atoms with Gasteiger partial charge >= 0.3 is 0 Å². The van der Waals surface area contributed by atoms with Crippen LogP contribution in [0.5, 0.6) is 0 Å². The van der Waals surface area contributed by atoms with Crippen LogP contribution < -0.4 is 10.6 Å². The molecule has 4 aromatic rings. The molecule has 34 heavy (non-hydrogen) atoms. The molecule has 0 bridgehead atoms. The Balaban J connectivity index is 1.40. The second-order valence-corrected chi connectivity index (χ2v) is 8.44. The van der Waals surface area contributed by atoms with E-state index in [1.54, 1.807) is 6.20 Å². The van der Waals surface area contributed by atoms with Crippen molar-refractivity contribution >= 4 is 28.9 Å². The molecule has 1 amide bonds. The molecule has 2 aromatic carbocycles. The summed E-state index contributed by atoms with van der Waals surface area (Å²) >= 11 is 5.69. The number of anilines is 1. The number of amides is 1. The molecule has 7 heteroatoms. The first kappa shape index (κ1) is 21.9. The molecule has 2 N–H and O–H groups in total. The number of furan rings is 1. The molecule has 1 aliphatic heterocycles. The maximum atomic E-state index is 12.6. The normalized spacial score (nSPS) is 17.4. The van der Waals surface area contributed by atoms with Crippen LogP contribution in [-0.2, 0) is 4.79 Å². The number of hydrogen-bond donors (Lipinski definition) is 2. The van der Waals surface area contributed by atoms with Crippen LogP contribution in [-0.4, -0.2) is 27.4 Å². The first-order chi connectivity index (χ1) is 16.7. The smallest absolute Gasteiger partial charge is 0.226 e. The highest BCUT2D eigenvalue weighted by atomic mass is 32.1. The number of pyridine rings is 1. The van der Waals surface area contributed by atoms with E-state index < -0.39 is 0 Å². The maximum Gasteiger partial charge on any atom is 0.226 e. The van der Waals surface area contributed by atoms with Gasteiger partial charge < -0.3 is 20.0 Å². The standard InChI is InChI=1S/C27H24N4O2S/c32-24(29-20-11-5-2-6-12-20)16-18-31-26(25(30-27(31)34)21-13-7-8-17-28-21)23-15-14-22(33-23)19-9-3-1-4-10-19/h1-15,17,25-26H,16,18H2,(H,29,32)(H,30,34)/t25-,26-/m0/s1. The summed E-state index contributed by atoms with van der Waals surface area (Å²) in [6.45, 7) is 0.444. The average Bonchev–Trinajstić information content (AvgIpc) is 3.49. The number of carbonyl (C=O) groups excluding carboxylic acids is 1. The van der Waals surface area contributed by atoms with E-state index in [0.717, 1.165) is 28.5 Å². The first-order valence-electron chi connectivity index (χ1n) is 11.2. The van der Waals surface area contributed by atoms with Crippen LogP contribution in [0.1, 0.15) is 30.0 Å². The number of rotatable bonds is 7. The predicted molar refractivity (Wildman–Crippen MR) is 136 cm³/mol. The van der Waals surface area contributed by atoms with E-state index in [-0.39, 0.29) is 24.4 Å². The fourth-order valence-corrected chi connectivity index (χ4v) is 4.52. The zero-order valence-electron chi connectivity index (χ0n) is 18.4. The average molecular weight is 469 g/mol. The third-order valence-electron chi connectivity index (χ3n) is 5.81. The highest BCUT2D eigenvalue weighted by Crippen LogP contribution is 2.40. The molecule has 1 aliphatic rings. The fraction of sp³-hybridized carbons (Fsp3) is 0.148. The minimum Gasteiger partial charge on any atom is -0.459 e. The van der Waals surface area contributed by atoms with Crippen molar-refractivity contribution in [2.24, 2.45) is 0 Å². The predicted octanol–water partition coefficient (Wildman–Crippen LogP) is 5.34. The highest BCUT2D eigenvalue weighted by molar-refractivity contribution is 7.80. The number of carbonyl (C=O) groups is 1. The number of nitrogens with zero attached hydrogens (tertiary/aromatic N) is 2. The molecule has 0 spiro atoms. The summed E-state index contributed by atoms with van der Waals surface area (Å²) < 4.78 is 6.32. The monoisotopic (exact) mass is 468 g/mol. The molecular weight excluding hydrogens is 444 g/mol. The van der Waals surface area contributed by atoms with Crippen LogP contribution in [0.3, 0.4) is 0 Å². The molecule has 1 fully saturated rings. The van der Waals surface area contributed by atoms with Gasteiger partial charge in [0.2, 0.25) is 5.91 Å². The lowest BCUT2D eigenvalue weighted by Gasteiger charge is -2.25. The van der Waals surface area contributed by atoms with Gasteiger partial charge in [-0.2, -0.15) is 0 Å². The molecule has 6 nitrogen and oxygen atoms in total. The Bertz CT molecular complexity index is 1260. The van der Waals surface area contributed by atoms with E-state index in [4.69, 9.17) is 16.6 Å². The second-order valence-electron chi connectivity index (χ2n) is 8.05. The third kappa shape index (κ3) is 4.70. The Hall–Kier alpha value is -3.97. The van der Waals surface area contributed by atoms with Gasteiger partial charge in [0.15, 0.2) is 5.11 Å². The van der Waals surface area contributed by atoms with Gasteiger partial charge in [0, 0.05) is 30.4 Å². The zero-order chi connectivity index (χ0) is 23.3. The van der Waals surface area contributed by atoms with Crippen molar-refractivity contribution < 1.29 is 9.21 Å². The lowest BCUT2D eigenvalue weighted by atomic mass is 10.0. The van der Waals surface area contributed by atoms with E-state index >= 15 is 0 Å². The van der Waals surface area contributed by atoms with Crippen molar-refractivity contribution in [1.29, 1.82) is 0 Å². The summed E-state index contributed by atoms with van der Waals surface area (Å²) in [5.74, 6) is 1.48. The molecule has 0 unspecified atom stereocenters. The van der Waals surface area contributed by atoms with Gasteiger partial charge in [-0.3, -0.25) is 9.78 Å². The molecule has 2 aromatic heterocycles. The van der Waals surface area contributed by atoms with Gasteiger partial charge in [0.05, 0.1) is 11.7 Å². The fourth-order valence-electron chi connectivity index (χ4n) is 4.19. The molecule has 170 valence electrons. The van der Waals surface area contributed by atoms with E-state index in [2.05, 4.69) is 15.6 Å². The SMILES string of the molecule is O=C(CCN1C(=S)N[C@@H](c2ccccn2)[C@@H]1c1ccc(-c2ccccc2)o1)Nc1ccccc1. The van der Waals surface area contributed by atoms with E-state index in [9.17, 15) is 4.79 Å². The molecule has 0 aliphatic carbocycles. The van der Waals surface area contributed by atoms with Crippen LogP contribution in [0.25, 0.3) is 11.3 Å². The molecule has 0 saturated carbocycles. The Morgan fingerprint density at radius 3 is 2.44 bits per heavy atom. The van der Waals surface area contributed by atoms with Gasteiger partial charge in [-0.25, -0.2) is 0 Å². The van der Waals surface area contributed by atoms with Crippen LogP contribution >= 0.6 is 12.2 Å². The van der Waals surface area contributed by atoms with Crippen molar-refractivity contribution in [2.75, 3.05) is 11.9 Å². The van der Waals surface area contributed by atoms with Crippen LogP contribution in [0.15, 0.2) is 102 Å². The summed E-state index contributed by atoms with van der Waals surface area (Å²) in [7, 11) is 0. The first-order valence-corrected chi connectivity index (χ1v) is 11.6. The van der Waals surface area contributed by atoms with Gasteiger partial charge in [-0.15, -0.1) is 0 Å². The van der Waals surface area contributed by atoms with Gasteiger partial charge in [0.25, 0.3) is 0 Å². The number of hydrogen-bond acceptors (Lipinski definition) is 4. The Morgan fingerprint density at radius 2 is 1.71 bits per heavy atom. The lowest BCUT2D eigenvalue weighted by molar-refractivity contribution is -0.116. The van der Waals surface area contributed by atoms with E-state index in [1.807, 2.05) is 95.9 Å². The van der Waals surface area contributed by atoms with E-state index in [0.29, 0.717) is 11.7 Å². The van der Waals surface area contributed by atoms with Crippen LogP contribution in [0.2, 0.25) is 0 Å². The van der Waals surface area contributed by atoms with Crippen molar-refractivity contribution in [3.63, 3.8) is 0 Å². The topological polar surface area (TPSA) is 70.4 Å². The van der Waals surface area contributed by atoms with Gasteiger partial charge in [-0.05, 0) is 48.6 Å². The van der Waals surface area contributed by atoms with Crippen molar-refractivity contribution in [3.8, 4) is 11.3 Å². The number of para-hydroxylation sites is 1. The minimum atomic E-state index is -0.232. The van der Waals surface area contributed by atoms with Crippen molar-refractivity contribution in [3.05, 3.63) is 109 Å². The molecule has 1 saturated heterocycles. The molecule has 5 rings (SSSR count). The van der Waals surface area contributed by atoms with Crippen LogP contribution in [0.4, 0.5) is 5.69 Å². The Kier molecular flexibility index (Phi) is 6.35. The molecule has 2 atom stereocenters. The number of thiocarbonyl (C=S) groups is 1. The number of benzene rings is 2. The minimum absolute atomic E-state index is 0.0709. The lowest BCUT2D eigenvalue weighted by Crippen LogP contribution is -2.32. The Morgan fingerprint density at radius 1 is 0.971 bits per heavy atom. The maximum absolute atomic E-state index is 12.6. The molecular formula is C27H24N4O2S. The van der Waals surface area contributed by atoms with E-state index in [1.165, 1.54) is 0 Å². The third-order valence-corrected chi connectivity index (χ3v) is 6.16. The summed E-state index contributed by atoms with van der Waals surface area (Å²) in [5, 5.41) is 6.91. The number of nitrogens with one attached hydrogen (secondary N) is 2. The highest BCUT2D eigenvalue weighted by Gasteiger charge is 2.41. The largest absolute Gasteiger partial charge is 0.459 e.